The largest absolute Gasteiger partial charge is 0.545 e. The van der Waals surface area contributed by atoms with Crippen molar-refractivity contribution in [1.82, 2.24) is 0 Å². The van der Waals surface area contributed by atoms with E-state index in [-0.39, 0.29) is 12.4 Å². The summed E-state index contributed by atoms with van der Waals surface area (Å²) in [5, 5.41) is 10.6. The van der Waals surface area contributed by atoms with E-state index in [1.807, 2.05) is 0 Å². The monoisotopic (exact) mass is 209 g/mol. The lowest BCUT2D eigenvalue weighted by atomic mass is 10.2. The third kappa shape index (κ3) is 2.98. The molecule has 15 heavy (non-hydrogen) atoms. The molecule has 0 aliphatic carbocycles. The molecule has 0 fully saturated rings. The van der Waals surface area contributed by atoms with Crippen LogP contribution in [0.3, 0.4) is 0 Å². The molecule has 0 saturated heterocycles. The van der Waals surface area contributed by atoms with Crippen LogP contribution in [0.4, 0.5) is 0 Å². The summed E-state index contributed by atoms with van der Waals surface area (Å²) in [6, 6.07) is 3.09. The van der Waals surface area contributed by atoms with Crippen molar-refractivity contribution in [3.63, 3.8) is 0 Å². The van der Waals surface area contributed by atoms with Crippen LogP contribution >= 0.6 is 0 Å². The van der Waals surface area contributed by atoms with Gasteiger partial charge in [0.25, 0.3) is 0 Å². The van der Waals surface area contributed by atoms with Crippen LogP contribution in [0.25, 0.3) is 6.08 Å². The Morgan fingerprint density at radius 1 is 1.60 bits per heavy atom. The molecule has 0 bridgehead atoms. The molecule has 0 atom stereocenters. The molecule has 0 radical (unpaired) electrons. The number of furan rings is 1. The Morgan fingerprint density at radius 2 is 2.33 bits per heavy atom. The summed E-state index contributed by atoms with van der Waals surface area (Å²) < 4.78 is 9.41. The van der Waals surface area contributed by atoms with E-state index in [9.17, 15) is 14.7 Å². The van der Waals surface area contributed by atoms with E-state index in [0.717, 1.165) is 6.08 Å². The molecule has 0 aliphatic heterocycles. The van der Waals surface area contributed by atoms with Gasteiger partial charge in [0.15, 0.2) is 0 Å². The van der Waals surface area contributed by atoms with Crippen LogP contribution in [-0.4, -0.2) is 18.5 Å². The van der Waals surface area contributed by atoms with Gasteiger partial charge in [-0.15, -0.1) is 0 Å². The van der Waals surface area contributed by atoms with Crippen LogP contribution in [-0.2, 0) is 14.3 Å². The fraction of sp³-hybridized carbons (Fsp3) is 0.200. The van der Waals surface area contributed by atoms with E-state index < -0.39 is 17.5 Å². The van der Waals surface area contributed by atoms with Gasteiger partial charge in [0.1, 0.15) is 5.76 Å². The Bertz CT molecular complexity index is 375. The maximum absolute atomic E-state index is 11.2. The van der Waals surface area contributed by atoms with Gasteiger partial charge in [-0.1, -0.05) is 0 Å². The van der Waals surface area contributed by atoms with Crippen molar-refractivity contribution in [1.29, 1.82) is 0 Å². The predicted molar refractivity (Wildman–Crippen MR) is 48.3 cm³/mol. The standard InChI is InChI=1S/C10H10O5/c1-2-14-10(13)8(9(11)12)6-7-4-3-5-15-7/h3-6H,2H2,1H3,(H,11,12)/p-1. The van der Waals surface area contributed by atoms with Gasteiger partial charge in [0.2, 0.25) is 0 Å². The molecule has 1 rings (SSSR count). The second-order valence-electron chi connectivity index (χ2n) is 2.58. The number of carbonyl (C=O) groups excluding carboxylic acids is 2. The Morgan fingerprint density at radius 3 is 2.80 bits per heavy atom. The highest BCUT2D eigenvalue weighted by Crippen LogP contribution is 2.08. The maximum atomic E-state index is 11.2. The molecule has 0 saturated carbocycles. The molecular weight excluding hydrogens is 200 g/mol. The number of carboxylic acid groups (broad SMARTS) is 1. The average molecular weight is 209 g/mol. The fourth-order valence-corrected chi connectivity index (χ4v) is 0.926. The van der Waals surface area contributed by atoms with Crippen LogP contribution in [0, 0.1) is 0 Å². The zero-order valence-electron chi connectivity index (χ0n) is 8.06. The third-order valence-corrected chi connectivity index (χ3v) is 1.55. The molecule has 0 aromatic carbocycles. The molecule has 5 heteroatoms. The first kappa shape index (κ1) is 11.0. The summed E-state index contributed by atoms with van der Waals surface area (Å²) in [6.45, 7) is 1.68. The predicted octanol–water partition coefficient (Wildman–Crippen LogP) is -0.0240. The van der Waals surface area contributed by atoms with Gasteiger partial charge >= 0.3 is 5.97 Å². The van der Waals surface area contributed by atoms with Gasteiger partial charge in [-0.2, -0.15) is 0 Å². The molecule has 0 aliphatic rings. The van der Waals surface area contributed by atoms with Crippen LogP contribution in [0.1, 0.15) is 12.7 Å². The van der Waals surface area contributed by atoms with E-state index in [2.05, 4.69) is 4.74 Å². The maximum Gasteiger partial charge on any atom is 0.340 e. The van der Waals surface area contributed by atoms with Crippen LogP contribution in [0.15, 0.2) is 28.4 Å². The lowest BCUT2D eigenvalue weighted by Gasteiger charge is -2.06. The van der Waals surface area contributed by atoms with Gasteiger partial charge in [-0.3, -0.25) is 0 Å². The van der Waals surface area contributed by atoms with Crippen LogP contribution < -0.4 is 5.11 Å². The van der Waals surface area contributed by atoms with Crippen molar-refractivity contribution >= 4 is 18.0 Å². The summed E-state index contributed by atoms with van der Waals surface area (Å²) in [6.07, 6.45) is 2.43. The number of esters is 1. The van der Waals surface area contributed by atoms with Gasteiger partial charge in [-0.05, 0) is 25.1 Å². The normalized spacial score (nSPS) is 11.1. The van der Waals surface area contributed by atoms with Crippen molar-refractivity contribution in [3.05, 3.63) is 29.7 Å². The van der Waals surface area contributed by atoms with Crippen molar-refractivity contribution in [2.45, 2.75) is 6.92 Å². The number of ether oxygens (including phenoxy) is 1. The molecule has 5 nitrogen and oxygen atoms in total. The number of carbonyl (C=O) groups is 2. The summed E-state index contributed by atoms with van der Waals surface area (Å²) >= 11 is 0. The molecular formula is C10H9O5-. The zero-order valence-corrected chi connectivity index (χ0v) is 8.06. The smallest absolute Gasteiger partial charge is 0.340 e. The Labute approximate surface area is 86.0 Å². The summed E-state index contributed by atoms with van der Waals surface area (Å²) in [5.74, 6) is -2.28. The molecule has 0 spiro atoms. The highest BCUT2D eigenvalue weighted by Gasteiger charge is 2.12. The number of rotatable bonds is 4. The van der Waals surface area contributed by atoms with Gasteiger partial charge in [-0.25, -0.2) is 4.79 Å². The highest BCUT2D eigenvalue weighted by atomic mass is 16.5. The quantitative estimate of drug-likeness (QED) is 0.301. The zero-order chi connectivity index (χ0) is 11.3. The minimum Gasteiger partial charge on any atom is -0.545 e. The summed E-state index contributed by atoms with van der Waals surface area (Å²) in [4.78, 5) is 21.8. The summed E-state index contributed by atoms with van der Waals surface area (Å²) in [5.41, 5.74) is -0.563. The Balaban J connectivity index is 2.92. The van der Waals surface area contributed by atoms with Crippen LogP contribution in [0.5, 0.6) is 0 Å². The lowest BCUT2D eigenvalue weighted by molar-refractivity contribution is -0.299. The SMILES string of the molecule is CCOC(=O)C(=Cc1ccco1)C(=O)[O-]. The van der Waals surface area contributed by atoms with Crippen LogP contribution in [0.2, 0.25) is 0 Å². The fourth-order valence-electron chi connectivity index (χ4n) is 0.926. The van der Waals surface area contributed by atoms with E-state index in [4.69, 9.17) is 4.42 Å². The Hall–Kier alpha value is -2.04. The van der Waals surface area contributed by atoms with E-state index in [1.165, 1.54) is 12.3 Å². The van der Waals surface area contributed by atoms with E-state index in [1.54, 1.807) is 13.0 Å². The first-order valence-electron chi connectivity index (χ1n) is 4.28. The lowest BCUT2D eigenvalue weighted by Crippen LogP contribution is -2.29. The molecule has 1 heterocycles. The Kier molecular flexibility index (Phi) is 3.68. The summed E-state index contributed by atoms with van der Waals surface area (Å²) in [7, 11) is 0. The highest BCUT2D eigenvalue weighted by molar-refractivity contribution is 6.16. The molecule has 0 unspecified atom stereocenters. The van der Waals surface area contributed by atoms with Gasteiger partial charge in [0, 0.05) is 0 Å². The van der Waals surface area contributed by atoms with Crippen molar-refractivity contribution in [3.8, 4) is 0 Å². The van der Waals surface area contributed by atoms with Crippen molar-refractivity contribution < 1.29 is 23.8 Å². The van der Waals surface area contributed by atoms with Gasteiger partial charge < -0.3 is 19.1 Å². The minimum absolute atomic E-state index is 0.0988. The third-order valence-electron chi connectivity index (χ3n) is 1.55. The topological polar surface area (TPSA) is 79.6 Å². The number of hydrogen-bond acceptors (Lipinski definition) is 5. The van der Waals surface area contributed by atoms with E-state index >= 15 is 0 Å². The van der Waals surface area contributed by atoms with Gasteiger partial charge in [0.05, 0.1) is 24.4 Å². The van der Waals surface area contributed by atoms with Crippen molar-refractivity contribution in [2.24, 2.45) is 0 Å². The molecule has 0 amide bonds. The molecule has 1 aromatic heterocycles. The molecule has 80 valence electrons. The second-order valence-corrected chi connectivity index (χ2v) is 2.58. The number of hydrogen-bond donors (Lipinski definition) is 0. The molecule has 0 N–H and O–H groups in total. The van der Waals surface area contributed by atoms with Crippen molar-refractivity contribution in [2.75, 3.05) is 6.61 Å². The first-order chi connectivity index (χ1) is 7.15. The average Bonchev–Trinajstić information content (AvgIpc) is 2.66. The minimum atomic E-state index is -1.59. The first-order valence-corrected chi connectivity index (χ1v) is 4.28. The van der Waals surface area contributed by atoms with E-state index in [0.29, 0.717) is 0 Å². The number of carboxylic acids is 1. The molecule has 1 aromatic rings. The second kappa shape index (κ2) is 4.99. The number of aliphatic carboxylic acids is 1.